The van der Waals surface area contributed by atoms with Gasteiger partial charge in [0.1, 0.15) is 6.04 Å². The van der Waals surface area contributed by atoms with Gasteiger partial charge in [0.05, 0.1) is 16.7 Å². The Hall–Kier alpha value is -2.02. The second kappa shape index (κ2) is 7.12. The molecule has 1 atom stereocenters. The molecule has 0 bridgehead atoms. The van der Waals surface area contributed by atoms with Gasteiger partial charge in [0, 0.05) is 11.4 Å². The van der Waals surface area contributed by atoms with Crippen molar-refractivity contribution in [2.75, 3.05) is 0 Å². The molecule has 0 saturated carbocycles. The second-order valence-electron chi connectivity index (χ2n) is 4.47. The van der Waals surface area contributed by atoms with Gasteiger partial charge in [-0.1, -0.05) is 53.5 Å². The number of hydrogen-bond donors (Lipinski definition) is 1. The fraction of sp³-hybridized carbons (Fsp3) is 0.125. The molecular formula is C16H12Cl2N2O. The van der Waals surface area contributed by atoms with E-state index in [4.69, 9.17) is 23.2 Å². The lowest BCUT2D eigenvalue weighted by Gasteiger charge is -2.12. The zero-order valence-electron chi connectivity index (χ0n) is 11.0. The standard InChI is InChI=1S/C16H12Cl2N2O/c17-12-6-7-15(18)14(9-12)16(21)20-13(10-19)8-11-4-2-1-3-5-11/h1-7,9,13H,8H2,(H,20,21)/t13-/m1/s1. The molecule has 2 rings (SSSR count). The van der Waals surface area contributed by atoms with E-state index >= 15 is 0 Å². The number of amides is 1. The summed E-state index contributed by atoms with van der Waals surface area (Å²) in [5.74, 6) is -0.412. The lowest BCUT2D eigenvalue weighted by atomic mass is 10.1. The highest BCUT2D eigenvalue weighted by Crippen LogP contribution is 2.20. The van der Waals surface area contributed by atoms with Gasteiger partial charge in [-0.2, -0.15) is 5.26 Å². The maximum Gasteiger partial charge on any atom is 0.253 e. The molecule has 0 saturated heterocycles. The molecule has 5 heteroatoms. The molecule has 0 aromatic heterocycles. The third-order valence-corrected chi connectivity index (χ3v) is 3.48. The van der Waals surface area contributed by atoms with E-state index in [9.17, 15) is 10.1 Å². The first-order chi connectivity index (χ1) is 10.1. The van der Waals surface area contributed by atoms with Gasteiger partial charge in [-0.3, -0.25) is 4.79 Å². The Balaban J connectivity index is 2.10. The number of carbonyl (C=O) groups excluding carboxylic acids is 1. The second-order valence-corrected chi connectivity index (χ2v) is 5.31. The van der Waals surface area contributed by atoms with Gasteiger partial charge in [-0.25, -0.2) is 0 Å². The minimum atomic E-state index is -0.630. The Morgan fingerprint density at radius 3 is 2.57 bits per heavy atom. The monoisotopic (exact) mass is 318 g/mol. The Bertz CT molecular complexity index is 680. The van der Waals surface area contributed by atoms with Crippen molar-refractivity contribution in [1.82, 2.24) is 5.32 Å². The van der Waals surface area contributed by atoms with Crippen molar-refractivity contribution in [3.8, 4) is 6.07 Å². The summed E-state index contributed by atoms with van der Waals surface area (Å²) in [6.07, 6.45) is 0.432. The molecule has 1 N–H and O–H groups in total. The minimum absolute atomic E-state index is 0.262. The third-order valence-electron chi connectivity index (χ3n) is 2.92. The van der Waals surface area contributed by atoms with Crippen LogP contribution in [0.25, 0.3) is 0 Å². The summed E-state index contributed by atoms with van der Waals surface area (Å²) in [6.45, 7) is 0. The van der Waals surface area contributed by atoms with Gasteiger partial charge in [0.2, 0.25) is 0 Å². The average Bonchev–Trinajstić information content (AvgIpc) is 2.50. The van der Waals surface area contributed by atoms with Crippen LogP contribution in [0.15, 0.2) is 48.5 Å². The van der Waals surface area contributed by atoms with E-state index in [1.165, 1.54) is 6.07 Å². The van der Waals surface area contributed by atoms with E-state index < -0.39 is 11.9 Å². The van der Waals surface area contributed by atoms with Crippen LogP contribution in [-0.4, -0.2) is 11.9 Å². The first-order valence-corrected chi connectivity index (χ1v) is 7.05. The summed E-state index contributed by atoms with van der Waals surface area (Å²) >= 11 is 11.8. The van der Waals surface area contributed by atoms with Crippen molar-refractivity contribution < 1.29 is 4.79 Å². The van der Waals surface area contributed by atoms with Crippen LogP contribution in [-0.2, 0) is 6.42 Å². The number of benzene rings is 2. The van der Waals surface area contributed by atoms with Crippen LogP contribution in [0, 0.1) is 11.3 Å². The topological polar surface area (TPSA) is 52.9 Å². The Morgan fingerprint density at radius 1 is 1.19 bits per heavy atom. The number of hydrogen-bond acceptors (Lipinski definition) is 2. The van der Waals surface area contributed by atoms with Crippen LogP contribution in [0.4, 0.5) is 0 Å². The van der Waals surface area contributed by atoms with Gasteiger partial charge in [-0.15, -0.1) is 0 Å². The molecule has 0 fully saturated rings. The van der Waals surface area contributed by atoms with Crippen molar-refractivity contribution in [1.29, 1.82) is 5.26 Å². The van der Waals surface area contributed by atoms with Crippen LogP contribution in [0.2, 0.25) is 10.0 Å². The minimum Gasteiger partial charge on any atom is -0.336 e. The van der Waals surface area contributed by atoms with Crippen molar-refractivity contribution >= 4 is 29.1 Å². The van der Waals surface area contributed by atoms with Crippen molar-refractivity contribution in [2.45, 2.75) is 12.5 Å². The van der Waals surface area contributed by atoms with Gasteiger partial charge in [0.15, 0.2) is 0 Å². The molecule has 0 radical (unpaired) electrons. The number of nitrogens with one attached hydrogen (secondary N) is 1. The molecule has 21 heavy (non-hydrogen) atoms. The highest BCUT2D eigenvalue weighted by molar-refractivity contribution is 6.35. The maximum absolute atomic E-state index is 12.2. The van der Waals surface area contributed by atoms with Crippen molar-refractivity contribution in [3.63, 3.8) is 0 Å². The first kappa shape index (κ1) is 15.4. The molecule has 0 heterocycles. The molecule has 0 unspecified atom stereocenters. The first-order valence-electron chi connectivity index (χ1n) is 6.29. The summed E-state index contributed by atoms with van der Waals surface area (Å²) in [4.78, 5) is 12.2. The van der Waals surface area contributed by atoms with Gasteiger partial charge in [-0.05, 0) is 23.8 Å². The number of nitrogens with zero attached hydrogens (tertiary/aromatic N) is 1. The molecule has 2 aromatic carbocycles. The van der Waals surface area contributed by atoms with E-state index in [0.29, 0.717) is 16.5 Å². The molecular weight excluding hydrogens is 307 g/mol. The van der Waals surface area contributed by atoms with Crippen molar-refractivity contribution in [2.24, 2.45) is 0 Å². The van der Waals surface area contributed by atoms with Crippen LogP contribution in [0.3, 0.4) is 0 Å². The summed E-state index contributed by atoms with van der Waals surface area (Å²) < 4.78 is 0. The molecule has 106 valence electrons. The zero-order valence-corrected chi connectivity index (χ0v) is 12.5. The van der Waals surface area contributed by atoms with Crippen LogP contribution in [0.1, 0.15) is 15.9 Å². The highest BCUT2D eigenvalue weighted by atomic mass is 35.5. The molecule has 0 spiro atoms. The zero-order chi connectivity index (χ0) is 15.2. The predicted molar refractivity (Wildman–Crippen MR) is 83.5 cm³/mol. The molecule has 0 aliphatic heterocycles. The molecule has 1 amide bonds. The highest BCUT2D eigenvalue weighted by Gasteiger charge is 2.16. The normalized spacial score (nSPS) is 11.5. The Kier molecular flexibility index (Phi) is 5.21. The fourth-order valence-electron chi connectivity index (χ4n) is 1.89. The molecule has 3 nitrogen and oxygen atoms in total. The van der Waals surface area contributed by atoms with E-state index in [-0.39, 0.29) is 5.56 Å². The Morgan fingerprint density at radius 2 is 1.90 bits per heavy atom. The number of halogens is 2. The van der Waals surface area contributed by atoms with Gasteiger partial charge < -0.3 is 5.32 Å². The van der Waals surface area contributed by atoms with Crippen LogP contribution in [0.5, 0.6) is 0 Å². The van der Waals surface area contributed by atoms with Crippen molar-refractivity contribution in [3.05, 3.63) is 69.7 Å². The average molecular weight is 319 g/mol. The summed E-state index contributed by atoms with van der Waals surface area (Å²) in [7, 11) is 0. The van der Waals surface area contributed by atoms with Gasteiger partial charge in [0.25, 0.3) is 5.91 Å². The van der Waals surface area contributed by atoms with E-state index in [1.54, 1.807) is 12.1 Å². The molecule has 2 aromatic rings. The van der Waals surface area contributed by atoms with E-state index in [0.717, 1.165) is 5.56 Å². The van der Waals surface area contributed by atoms with Gasteiger partial charge >= 0.3 is 0 Å². The smallest absolute Gasteiger partial charge is 0.253 e. The largest absolute Gasteiger partial charge is 0.336 e. The number of carbonyl (C=O) groups is 1. The van der Waals surface area contributed by atoms with E-state index in [1.807, 2.05) is 30.3 Å². The number of nitriles is 1. The van der Waals surface area contributed by atoms with Crippen LogP contribution < -0.4 is 5.32 Å². The summed E-state index contributed by atoms with van der Waals surface area (Å²) in [6, 6.07) is 15.6. The fourth-order valence-corrected chi connectivity index (χ4v) is 2.26. The lowest BCUT2D eigenvalue weighted by molar-refractivity contribution is 0.0945. The van der Waals surface area contributed by atoms with E-state index in [2.05, 4.69) is 11.4 Å². The summed E-state index contributed by atoms with van der Waals surface area (Å²) in [5.41, 5.74) is 1.24. The number of rotatable bonds is 4. The Labute approximate surface area is 133 Å². The third kappa shape index (κ3) is 4.22. The quantitative estimate of drug-likeness (QED) is 0.930. The maximum atomic E-state index is 12.2. The molecule has 0 aliphatic carbocycles. The SMILES string of the molecule is N#C[C@@H](Cc1ccccc1)NC(=O)c1cc(Cl)ccc1Cl. The lowest BCUT2D eigenvalue weighted by Crippen LogP contribution is -2.35. The predicted octanol–water partition coefficient (Wildman–Crippen LogP) is 3.86. The van der Waals surface area contributed by atoms with Crippen LogP contribution >= 0.6 is 23.2 Å². The molecule has 0 aliphatic rings. The summed E-state index contributed by atoms with van der Waals surface area (Å²) in [5, 5.41) is 12.6.